The number of rotatable bonds is 5. The van der Waals surface area contributed by atoms with Gasteiger partial charge in [-0.2, -0.15) is 0 Å². The number of fused-ring (bicyclic) bond motifs is 1. The number of pyridine rings is 1. The minimum absolute atomic E-state index is 0.378. The highest BCUT2D eigenvalue weighted by atomic mass is 32.2. The third kappa shape index (κ3) is 4.84. The van der Waals surface area contributed by atoms with Gasteiger partial charge >= 0.3 is 0 Å². The molecule has 0 saturated carbocycles. The Hall–Kier alpha value is -3.23. The molecule has 30 heavy (non-hydrogen) atoms. The third-order valence-electron chi connectivity index (χ3n) is 4.32. The summed E-state index contributed by atoms with van der Waals surface area (Å²) in [4.78, 5) is 33.0. The number of benzene rings is 2. The van der Waals surface area contributed by atoms with Crippen LogP contribution < -0.4 is 10.9 Å². The summed E-state index contributed by atoms with van der Waals surface area (Å²) in [6, 6.07) is 18.8. The van der Waals surface area contributed by atoms with E-state index in [9.17, 15) is 9.59 Å². The lowest BCUT2D eigenvalue weighted by Gasteiger charge is -2.08. The summed E-state index contributed by atoms with van der Waals surface area (Å²) in [5, 5.41) is 0. The monoisotopic (exact) mass is 434 g/mol. The lowest BCUT2D eigenvalue weighted by molar-refractivity contribution is 0.0846. The Kier molecular flexibility index (Phi) is 6.06. The first kappa shape index (κ1) is 20.1. The van der Waals surface area contributed by atoms with Gasteiger partial charge in [0.05, 0.1) is 15.8 Å². The van der Waals surface area contributed by atoms with Crippen LogP contribution in [0.4, 0.5) is 0 Å². The minimum Gasteiger partial charge on any atom is -0.267 e. The smallest absolute Gasteiger partial charge is 0.267 e. The van der Waals surface area contributed by atoms with Gasteiger partial charge in [-0.15, -0.1) is 11.3 Å². The second-order valence-corrected chi connectivity index (χ2v) is 8.78. The van der Waals surface area contributed by atoms with Gasteiger partial charge in [0.25, 0.3) is 11.8 Å². The lowest BCUT2D eigenvalue weighted by atomic mass is 10.1. The molecule has 0 saturated heterocycles. The number of carbonyl (C=O) groups is 2. The maximum Gasteiger partial charge on any atom is 0.271 e. The lowest BCUT2D eigenvalue weighted by Crippen LogP contribution is -2.41. The fraction of sp³-hybridized carbons (Fsp3) is 0.0909. The van der Waals surface area contributed by atoms with Crippen molar-refractivity contribution in [2.75, 3.05) is 0 Å². The Morgan fingerprint density at radius 2 is 1.63 bits per heavy atom. The van der Waals surface area contributed by atoms with E-state index in [2.05, 4.69) is 26.9 Å². The van der Waals surface area contributed by atoms with Gasteiger partial charge in [0.15, 0.2) is 4.34 Å². The van der Waals surface area contributed by atoms with Crippen LogP contribution >= 0.6 is 23.1 Å². The van der Waals surface area contributed by atoms with Crippen molar-refractivity contribution >= 4 is 45.1 Å². The fourth-order valence-corrected chi connectivity index (χ4v) is 4.69. The summed E-state index contributed by atoms with van der Waals surface area (Å²) in [6.45, 7) is 1.84. The molecule has 2 heterocycles. The van der Waals surface area contributed by atoms with E-state index in [4.69, 9.17) is 0 Å². The highest BCUT2D eigenvalue weighted by molar-refractivity contribution is 8.00. The number of aromatic nitrogens is 2. The molecule has 0 bridgehead atoms. The second kappa shape index (κ2) is 9.06. The van der Waals surface area contributed by atoms with E-state index >= 15 is 0 Å². The highest BCUT2D eigenvalue weighted by Gasteiger charge is 2.10. The van der Waals surface area contributed by atoms with Crippen molar-refractivity contribution in [1.29, 1.82) is 0 Å². The molecule has 150 valence electrons. The molecular weight excluding hydrogens is 416 g/mol. The van der Waals surface area contributed by atoms with E-state index in [1.165, 1.54) is 10.9 Å². The average Bonchev–Trinajstić information content (AvgIpc) is 3.20. The first-order valence-electron chi connectivity index (χ1n) is 9.19. The predicted molar refractivity (Wildman–Crippen MR) is 120 cm³/mol. The van der Waals surface area contributed by atoms with Crippen molar-refractivity contribution in [2.24, 2.45) is 0 Å². The summed E-state index contributed by atoms with van der Waals surface area (Å²) < 4.78 is 2.20. The van der Waals surface area contributed by atoms with Crippen LogP contribution in [-0.2, 0) is 5.75 Å². The van der Waals surface area contributed by atoms with E-state index in [-0.39, 0.29) is 5.91 Å². The number of thioether (sulfide) groups is 1. The Morgan fingerprint density at radius 3 is 2.33 bits per heavy atom. The number of nitrogens with one attached hydrogen (secondary N) is 2. The maximum absolute atomic E-state index is 12.3. The number of hydrogen-bond donors (Lipinski definition) is 2. The molecule has 0 fully saturated rings. The SMILES string of the molecule is Cc1ccc(C(=O)NNC(=O)c2ccc(CSc3nc4ccccc4s3)cc2)cn1. The molecular formula is C22H18N4O2S2. The Labute approximate surface area is 181 Å². The average molecular weight is 435 g/mol. The van der Waals surface area contributed by atoms with E-state index in [0.717, 1.165) is 26.9 Å². The molecule has 2 amide bonds. The molecule has 2 N–H and O–H groups in total. The van der Waals surface area contributed by atoms with Crippen molar-refractivity contribution in [2.45, 2.75) is 17.0 Å². The molecule has 4 aromatic rings. The summed E-state index contributed by atoms with van der Waals surface area (Å²) in [6.07, 6.45) is 1.47. The Bertz CT molecular complexity index is 1150. The molecule has 4 rings (SSSR count). The normalized spacial score (nSPS) is 10.7. The van der Waals surface area contributed by atoms with Crippen molar-refractivity contribution in [3.8, 4) is 0 Å². The van der Waals surface area contributed by atoms with Crippen LogP contribution in [0.5, 0.6) is 0 Å². The molecule has 0 radical (unpaired) electrons. The molecule has 2 aromatic heterocycles. The molecule has 0 unspecified atom stereocenters. The van der Waals surface area contributed by atoms with Gasteiger partial charge in [-0.3, -0.25) is 25.4 Å². The van der Waals surface area contributed by atoms with Gasteiger partial charge in [0, 0.05) is 23.2 Å². The van der Waals surface area contributed by atoms with E-state index in [0.29, 0.717) is 11.1 Å². The number of carbonyl (C=O) groups excluding carboxylic acids is 2. The van der Waals surface area contributed by atoms with E-state index in [1.807, 2.05) is 37.3 Å². The van der Waals surface area contributed by atoms with Crippen LogP contribution in [0.3, 0.4) is 0 Å². The van der Waals surface area contributed by atoms with E-state index < -0.39 is 5.91 Å². The van der Waals surface area contributed by atoms with Gasteiger partial charge in [-0.05, 0) is 48.9 Å². The zero-order valence-corrected chi connectivity index (χ0v) is 17.7. The minimum atomic E-state index is -0.417. The molecule has 0 aliphatic heterocycles. The number of hydrogen-bond acceptors (Lipinski definition) is 6. The molecule has 8 heteroatoms. The molecule has 2 aromatic carbocycles. The van der Waals surface area contributed by atoms with E-state index in [1.54, 1.807) is 47.4 Å². The third-order valence-corrected chi connectivity index (χ3v) is 6.57. The first-order chi connectivity index (χ1) is 14.6. The number of para-hydroxylation sites is 1. The van der Waals surface area contributed by atoms with Gasteiger partial charge in [0.2, 0.25) is 0 Å². The molecule has 0 aliphatic rings. The van der Waals surface area contributed by atoms with Crippen molar-refractivity contribution in [3.05, 3.63) is 89.2 Å². The summed E-state index contributed by atoms with van der Waals surface area (Å²) >= 11 is 3.35. The number of nitrogens with zero attached hydrogens (tertiary/aromatic N) is 2. The van der Waals surface area contributed by atoms with Crippen molar-refractivity contribution in [3.63, 3.8) is 0 Å². The molecule has 0 aliphatic carbocycles. The summed E-state index contributed by atoms with van der Waals surface area (Å²) in [7, 11) is 0. The topological polar surface area (TPSA) is 84.0 Å². The standard InChI is InChI=1S/C22H18N4O2S2/c1-14-6-9-17(12-23-14)21(28)26-25-20(27)16-10-7-15(8-11-16)13-29-22-24-18-4-2-3-5-19(18)30-22/h2-12H,13H2,1H3,(H,25,27)(H,26,28). The van der Waals surface area contributed by atoms with Crippen LogP contribution in [0.1, 0.15) is 32.0 Å². The maximum atomic E-state index is 12.3. The molecule has 0 atom stereocenters. The number of thiazole rings is 1. The van der Waals surface area contributed by atoms with Crippen molar-refractivity contribution < 1.29 is 9.59 Å². The van der Waals surface area contributed by atoms with Gasteiger partial charge in [-0.25, -0.2) is 4.98 Å². The molecule has 0 spiro atoms. The zero-order valence-electron chi connectivity index (χ0n) is 16.1. The number of aryl methyl sites for hydroxylation is 1. The number of hydrazine groups is 1. The Balaban J connectivity index is 1.30. The van der Waals surface area contributed by atoms with Crippen LogP contribution in [0, 0.1) is 6.92 Å². The fourth-order valence-electron chi connectivity index (χ4n) is 2.67. The summed E-state index contributed by atoms with van der Waals surface area (Å²) in [5.41, 5.74) is 8.59. The Morgan fingerprint density at radius 1 is 0.933 bits per heavy atom. The predicted octanol–water partition coefficient (Wildman–Crippen LogP) is 4.37. The quantitative estimate of drug-likeness (QED) is 0.360. The molecule has 6 nitrogen and oxygen atoms in total. The van der Waals surface area contributed by atoms with Crippen LogP contribution in [0.2, 0.25) is 0 Å². The summed E-state index contributed by atoms with van der Waals surface area (Å²) in [5.74, 6) is -0.0349. The zero-order chi connectivity index (χ0) is 20.9. The number of amides is 2. The second-order valence-electron chi connectivity index (χ2n) is 6.53. The largest absolute Gasteiger partial charge is 0.271 e. The van der Waals surface area contributed by atoms with Gasteiger partial charge in [-0.1, -0.05) is 36.0 Å². The van der Waals surface area contributed by atoms with Crippen LogP contribution in [0.15, 0.2) is 71.2 Å². The first-order valence-corrected chi connectivity index (χ1v) is 11.0. The van der Waals surface area contributed by atoms with Gasteiger partial charge in [0.1, 0.15) is 0 Å². The van der Waals surface area contributed by atoms with Crippen LogP contribution in [-0.4, -0.2) is 21.8 Å². The highest BCUT2D eigenvalue weighted by Crippen LogP contribution is 2.31. The van der Waals surface area contributed by atoms with Gasteiger partial charge < -0.3 is 0 Å². The van der Waals surface area contributed by atoms with Crippen molar-refractivity contribution in [1.82, 2.24) is 20.8 Å². The van der Waals surface area contributed by atoms with Crippen LogP contribution in [0.25, 0.3) is 10.2 Å².